The zero-order valence-corrected chi connectivity index (χ0v) is 9.59. The van der Waals surface area contributed by atoms with Crippen LogP contribution in [0.15, 0.2) is 42.6 Å². The van der Waals surface area contributed by atoms with Crippen LogP contribution in [-0.2, 0) is 6.61 Å². The number of aromatic nitrogens is 1. The highest BCUT2D eigenvalue weighted by molar-refractivity contribution is 5.45. The zero-order valence-electron chi connectivity index (χ0n) is 9.59. The number of hydrogen-bond donors (Lipinski definition) is 1. The molecule has 1 heterocycles. The SMILES string of the molecule is COc1ccccc1COc1cccnc1N. The average Bonchev–Trinajstić information content (AvgIpc) is 2.38. The zero-order chi connectivity index (χ0) is 12.1. The Hall–Kier alpha value is -2.23. The minimum atomic E-state index is 0.391. The van der Waals surface area contributed by atoms with Gasteiger partial charge in [0.05, 0.1) is 7.11 Å². The van der Waals surface area contributed by atoms with E-state index in [0.717, 1.165) is 11.3 Å². The number of nitrogens with two attached hydrogens (primary N) is 1. The monoisotopic (exact) mass is 230 g/mol. The summed E-state index contributed by atoms with van der Waals surface area (Å²) in [6.07, 6.45) is 1.63. The Labute approximate surface area is 100 Å². The van der Waals surface area contributed by atoms with E-state index in [0.29, 0.717) is 18.2 Å². The molecule has 4 heteroatoms. The standard InChI is InChI=1S/C13H14N2O2/c1-16-11-6-3-2-5-10(11)9-17-12-7-4-8-15-13(12)14/h2-8H,9H2,1H3,(H2,14,15). The van der Waals surface area contributed by atoms with Crippen LogP contribution in [0.5, 0.6) is 11.5 Å². The summed E-state index contributed by atoms with van der Waals surface area (Å²) in [6.45, 7) is 0.403. The summed E-state index contributed by atoms with van der Waals surface area (Å²) in [6, 6.07) is 11.3. The van der Waals surface area contributed by atoms with Gasteiger partial charge in [0.25, 0.3) is 0 Å². The number of para-hydroxylation sites is 1. The lowest BCUT2D eigenvalue weighted by Gasteiger charge is -2.10. The fourth-order valence-corrected chi connectivity index (χ4v) is 1.50. The fourth-order valence-electron chi connectivity index (χ4n) is 1.50. The van der Waals surface area contributed by atoms with Crippen LogP contribution < -0.4 is 15.2 Å². The van der Waals surface area contributed by atoms with E-state index in [-0.39, 0.29) is 0 Å². The molecule has 2 aromatic rings. The summed E-state index contributed by atoms with van der Waals surface area (Å²) in [5.41, 5.74) is 6.66. The average molecular weight is 230 g/mol. The van der Waals surface area contributed by atoms with E-state index in [1.165, 1.54) is 0 Å². The lowest BCUT2D eigenvalue weighted by atomic mass is 10.2. The summed E-state index contributed by atoms with van der Waals surface area (Å²) >= 11 is 0. The van der Waals surface area contributed by atoms with Gasteiger partial charge in [0, 0.05) is 11.8 Å². The second kappa shape index (κ2) is 5.21. The van der Waals surface area contributed by atoms with Crippen molar-refractivity contribution >= 4 is 5.82 Å². The van der Waals surface area contributed by atoms with Gasteiger partial charge in [-0.15, -0.1) is 0 Å². The predicted octanol–water partition coefficient (Wildman–Crippen LogP) is 2.25. The van der Waals surface area contributed by atoms with Crippen molar-refractivity contribution in [3.8, 4) is 11.5 Å². The molecule has 0 aliphatic heterocycles. The second-order valence-electron chi connectivity index (χ2n) is 3.49. The Balaban J connectivity index is 2.10. The maximum absolute atomic E-state index is 5.69. The van der Waals surface area contributed by atoms with Gasteiger partial charge in [-0.05, 0) is 18.2 Å². The van der Waals surface area contributed by atoms with E-state index in [1.807, 2.05) is 24.3 Å². The van der Waals surface area contributed by atoms with Gasteiger partial charge in [-0.3, -0.25) is 0 Å². The first kappa shape index (κ1) is 11.3. The molecule has 88 valence electrons. The maximum atomic E-state index is 5.69. The van der Waals surface area contributed by atoms with Gasteiger partial charge in [-0.25, -0.2) is 4.98 Å². The predicted molar refractivity (Wildman–Crippen MR) is 66.0 cm³/mol. The molecule has 2 rings (SSSR count). The minimum absolute atomic E-state index is 0.391. The molecule has 0 aliphatic rings. The first-order chi connectivity index (χ1) is 8.31. The van der Waals surface area contributed by atoms with Crippen LogP contribution in [0.2, 0.25) is 0 Å². The molecule has 0 amide bonds. The molecule has 0 unspecified atom stereocenters. The molecule has 0 saturated carbocycles. The van der Waals surface area contributed by atoms with E-state index >= 15 is 0 Å². The highest BCUT2D eigenvalue weighted by atomic mass is 16.5. The smallest absolute Gasteiger partial charge is 0.166 e. The first-order valence-corrected chi connectivity index (χ1v) is 5.26. The van der Waals surface area contributed by atoms with E-state index in [9.17, 15) is 0 Å². The largest absolute Gasteiger partial charge is 0.496 e. The fraction of sp³-hybridized carbons (Fsp3) is 0.154. The maximum Gasteiger partial charge on any atom is 0.166 e. The van der Waals surface area contributed by atoms with Crippen LogP contribution in [0.4, 0.5) is 5.82 Å². The van der Waals surface area contributed by atoms with Crippen LogP contribution in [0.25, 0.3) is 0 Å². The highest BCUT2D eigenvalue weighted by Crippen LogP contribution is 2.22. The molecule has 0 radical (unpaired) electrons. The van der Waals surface area contributed by atoms with Crippen molar-refractivity contribution in [1.82, 2.24) is 4.98 Å². The van der Waals surface area contributed by atoms with Gasteiger partial charge in [-0.1, -0.05) is 18.2 Å². The van der Waals surface area contributed by atoms with Gasteiger partial charge in [0.2, 0.25) is 0 Å². The number of nitrogens with zero attached hydrogens (tertiary/aromatic N) is 1. The third-order valence-corrected chi connectivity index (χ3v) is 2.38. The van der Waals surface area contributed by atoms with Crippen molar-refractivity contribution in [1.29, 1.82) is 0 Å². The molecule has 0 saturated heterocycles. The molecule has 1 aromatic carbocycles. The van der Waals surface area contributed by atoms with Gasteiger partial charge in [0.1, 0.15) is 12.4 Å². The number of ether oxygens (including phenoxy) is 2. The van der Waals surface area contributed by atoms with Crippen molar-refractivity contribution < 1.29 is 9.47 Å². The van der Waals surface area contributed by atoms with Crippen LogP contribution >= 0.6 is 0 Å². The summed E-state index contributed by atoms with van der Waals surface area (Å²) < 4.78 is 10.8. The summed E-state index contributed by atoms with van der Waals surface area (Å²) in [4.78, 5) is 3.96. The second-order valence-corrected chi connectivity index (χ2v) is 3.49. The number of rotatable bonds is 4. The highest BCUT2D eigenvalue weighted by Gasteiger charge is 2.04. The number of benzene rings is 1. The normalized spacial score (nSPS) is 9.94. The summed E-state index contributed by atoms with van der Waals surface area (Å²) in [5, 5.41) is 0. The quantitative estimate of drug-likeness (QED) is 0.875. The number of anilines is 1. The molecular formula is C13H14N2O2. The number of hydrogen-bond acceptors (Lipinski definition) is 4. The minimum Gasteiger partial charge on any atom is -0.496 e. The molecule has 17 heavy (non-hydrogen) atoms. The molecule has 1 aromatic heterocycles. The van der Waals surface area contributed by atoms with Crippen molar-refractivity contribution in [2.24, 2.45) is 0 Å². The third kappa shape index (κ3) is 2.66. The van der Waals surface area contributed by atoms with Gasteiger partial charge in [0.15, 0.2) is 11.6 Å². The number of methoxy groups -OCH3 is 1. The van der Waals surface area contributed by atoms with Crippen LogP contribution in [0, 0.1) is 0 Å². The lowest BCUT2D eigenvalue weighted by Crippen LogP contribution is -2.01. The van der Waals surface area contributed by atoms with E-state index in [2.05, 4.69) is 4.98 Å². The van der Waals surface area contributed by atoms with E-state index in [1.54, 1.807) is 25.4 Å². The first-order valence-electron chi connectivity index (χ1n) is 5.26. The number of pyridine rings is 1. The molecule has 0 bridgehead atoms. The molecule has 0 fully saturated rings. The molecule has 2 N–H and O–H groups in total. The van der Waals surface area contributed by atoms with Crippen molar-refractivity contribution in [3.63, 3.8) is 0 Å². The third-order valence-electron chi connectivity index (χ3n) is 2.38. The topological polar surface area (TPSA) is 57.4 Å². The molecule has 0 atom stereocenters. The van der Waals surface area contributed by atoms with Gasteiger partial charge >= 0.3 is 0 Å². The van der Waals surface area contributed by atoms with E-state index < -0.39 is 0 Å². The van der Waals surface area contributed by atoms with E-state index in [4.69, 9.17) is 15.2 Å². The Morgan fingerprint density at radius 2 is 1.88 bits per heavy atom. The van der Waals surface area contributed by atoms with Gasteiger partial charge in [-0.2, -0.15) is 0 Å². The van der Waals surface area contributed by atoms with Crippen molar-refractivity contribution in [3.05, 3.63) is 48.2 Å². The van der Waals surface area contributed by atoms with Crippen LogP contribution in [0.1, 0.15) is 5.56 Å². The Kier molecular flexibility index (Phi) is 3.45. The Bertz CT molecular complexity index is 500. The van der Waals surface area contributed by atoms with Crippen LogP contribution in [0.3, 0.4) is 0 Å². The molecular weight excluding hydrogens is 216 g/mol. The molecule has 0 spiro atoms. The number of nitrogen functional groups attached to an aromatic ring is 1. The summed E-state index contributed by atoms with van der Waals surface area (Å²) in [7, 11) is 1.64. The Morgan fingerprint density at radius 3 is 2.65 bits per heavy atom. The van der Waals surface area contributed by atoms with Crippen molar-refractivity contribution in [2.75, 3.05) is 12.8 Å². The molecule has 0 aliphatic carbocycles. The van der Waals surface area contributed by atoms with Crippen molar-refractivity contribution in [2.45, 2.75) is 6.61 Å². The lowest BCUT2D eigenvalue weighted by molar-refractivity contribution is 0.297. The Morgan fingerprint density at radius 1 is 1.12 bits per heavy atom. The van der Waals surface area contributed by atoms with Gasteiger partial charge < -0.3 is 15.2 Å². The van der Waals surface area contributed by atoms with Crippen LogP contribution in [-0.4, -0.2) is 12.1 Å². The summed E-state index contributed by atoms with van der Waals surface area (Å²) in [5.74, 6) is 1.77. The molecule has 4 nitrogen and oxygen atoms in total.